The predicted molar refractivity (Wildman–Crippen MR) is 79.4 cm³/mol. The van der Waals surface area contributed by atoms with E-state index in [1.165, 1.54) is 12.1 Å². The lowest BCUT2D eigenvalue weighted by molar-refractivity contribution is -0.385. The second-order valence-electron chi connectivity index (χ2n) is 4.89. The van der Waals surface area contributed by atoms with Crippen LogP contribution in [-0.2, 0) is 0 Å². The normalized spacial score (nSPS) is 10.4. The van der Waals surface area contributed by atoms with Gasteiger partial charge in [0.25, 0.3) is 11.6 Å². The molecule has 0 unspecified atom stereocenters. The maximum Gasteiger partial charge on any atom is 0.287 e. The molecule has 6 heteroatoms. The Labute approximate surface area is 122 Å². The van der Waals surface area contributed by atoms with Crippen LogP contribution in [0.15, 0.2) is 42.6 Å². The Kier molecular flexibility index (Phi) is 4.27. The van der Waals surface area contributed by atoms with E-state index in [1.54, 1.807) is 12.1 Å². The lowest BCUT2D eigenvalue weighted by Gasteiger charge is -2.07. The van der Waals surface area contributed by atoms with Gasteiger partial charge in [-0.3, -0.25) is 14.9 Å². The summed E-state index contributed by atoms with van der Waals surface area (Å²) in [5.74, 6) is 0.378. The van der Waals surface area contributed by atoms with Crippen molar-refractivity contribution in [2.24, 2.45) is 0 Å². The molecule has 0 aliphatic rings. The third-order valence-corrected chi connectivity index (χ3v) is 3.04. The fourth-order valence-corrected chi connectivity index (χ4v) is 1.78. The minimum absolute atomic E-state index is 0.116. The highest BCUT2D eigenvalue weighted by Gasteiger charge is 2.10. The van der Waals surface area contributed by atoms with E-state index in [-0.39, 0.29) is 17.4 Å². The van der Waals surface area contributed by atoms with Crippen LogP contribution in [-0.4, -0.2) is 15.8 Å². The van der Waals surface area contributed by atoms with Crippen LogP contribution in [0.2, 0.25) is 0 Å². The summed E-state index contributed by atoms with van der Waals surface area (Å²) in [7, 11) is 0. The van der Waals surface area contributed by atoms with Crippen molar-refractivity contribution in [2.75, 3.05) is 5.32 Å². The molecule has 2 rings (SSSR count). The smallest absolute Gasteiger partial charge is 0.287 e. The molecule has 0 radical (unpaired) electrons. The molecule has 0 bridgehead atoms. The molecule has 6 nitrogen and oxygen atoms in total. The fourth-order valence-electron chi connectivity index (χ4n) is 1.78. The van der Waals surface area contributed by atoms with Gasteiger partial charge in [-0.05, 0) is 29.7 Å². The summed E-state index contributed by atoms with van der Waals surface area (Å²) < 4.78 is 0. The number of anilines is 1. The van der Waals surface area contributed by atoms with Crippen LogP contribution in [0.1, 0.15) is 35.7 Å². The molecule has 0 fully saturated rings. The number of nitrogens with zero attached hydrogens (tertiary/aromatic N) is 2. The van der Waals surface area contributed by atoms with Crippen molar-refractivity contribution in [1.29, 1.82) is 0 Å². The Morgan fingerprint density at radius 3 is 2.33 bits per heavy atom. The summed E-state index contributed by atoms with van der Waals surface area (Å²) in [6.45, 7) is 4.16. The minimum Gasteiger partial charge on any atom is -0.307 e. The Morgan fingerprint density at radius 2 is 1.86 bits per heavy atom. The molecular formula is C15H15N3O3. The molecule has 0 saturated heterocycles. The SMILES string of the molecule is CC(C)c1ccc(C(=O)Nc2ccc([N+](=O)[O-])cn2)cc1. The highest BCUT2D eigenvalue weighted by atomic mass is 16.6. The quantitative estimate of drug-likeness (QED) is 0.689. The average molecular weight is 285 g/mol. The number of rotatable bonds is 4. The molecule has 1 N–H and O–H groups in total. The van der Waals surface area contributed by atoms with Gasteiger partial charge in [0.15, 0.2) is 0 Å². The van der Waals surface area contributed by atoms with E-state index >= 15 is 0 Å². The topological polar surface area (TPSA) is 85.1 Å². The van der Waals surface area contributed by atoms with Gasteiger partial charge in [0.2, 0.25) is 0 Å². The molecule has 0 saturated carbocycles. The molecule has 1 amide bonds. The van der Waals surface area contributed by atoms with E-state index in [9.17, 15) is 14.9 Å². The summed E-state index contributed by atoms with van der Waals surface area (Å²) in [6.07, 6.45) is 1.11. The van der Waals surface area contributed by atoms with E-state index in [0.717, 1.165) is 11.8 Å². The highest BCUT2D eigenvalue weighted by Crippen LogP contribution is 2.16. The van der Waals surface area contributed by atoms with Crippen molar-refractivity contribution in [3.05, 3.63) is 63.8 Å². The number of nitro groups is 1. The number of carbonyl (C=O) groups is 1. The maximum atomic E-state index is 12.0. The highest BCUT2D eigenvalue weighted by molar-refractivity contribution is 6.03. The van der Waals surface area contributed by atoms with Crippen LogP contribution in [0.25, 0.3) is 0 Å². The molecule has 2 aromatic rings. The lowest BCUT2D eigenvalue weighted by Crippen LogP contribution is -2.13. The molecule has 0 aliphatic carbocycles. The summed E-state index contributed by atoms with van der Waals surface area (Å²) >= 11 is 0. The van der Waals surface area contributed by atoms with E-state index in [2.05, 4.69) is 24.1 Å². The second-order valence-corrected chi connectivity index (χ2v) is 4.89. The van der Waals surface area contributed by atoms with Crippen molar-refractivity contribution in [1.82, 2.24) is 4.98 Å². The second kappa shape index (κ2) is 6.13. The number of aromatic nitrogens is 1. The first-order valence-corrected chi connectivity index (χ1v) is 6.49. The third kappa shape index (κ3) is 3.62. The van der Waals surface area contributed by atoms with Crippen molar-refractivity contribution in [3.63, 3.8) is 0 Å². The zero-order chi connectivity index (χ0) is 15.4. The van der Waals surface area contributed by atoms with E-state index in [1.807, 2.05) is 12.1 Å². The van der Waals surface area contributed by atoms with Crippen LogP contribution in [0.4, 0.5) is 11.5 Å². The zero-order valence-electron chi connectivity index (χ0n) is 11.7. The number of nitrogens with one attached hydrogen (secondary N) is 1. The fraction of sp³-hybridized carbons (Fsp3) is 0.200. The molecule has 1 aromatic heterocycles. The van der Waals surface area contributed by atoms with E-state index in [0.29, 0.717) is 11.5 Å². The standard InChI is InChI=1S/C15H15N3O3/c1-10(2)11-3-5-12(6-4-11)15(19)17-14-8-7-13(9-16-14)18(20)21/h3-10H,1-2H3,(H,16,17,19). The third-order valence-electron chi connectivity index (χ3n) is 3.04. The van der Waals surface area contributed by atoms with Gasteiger partial charge < -0.3 is 5.32 Å². The van der Waals surface area contributed by atoms with Crippen LogP contribution in [0.3, 0.4) is 0 Å². The maximum absolute atomic E-state index is 12.0. The van der Waals surface area contributed by atoms with Gasteiger partial charge >= 0.3 is 0 Å². The van der Waals surface area contributed by atoms with Crippen LogP contribution >= 0.6 is 0 Å². The Hall–Kier alpha value is -2.76. The number of hydrogen-bond acceptors (Lipinski definition) is 4. The number of benzene rings is 1. The van der Waals surface area contributed by atoms with Gasteiger partial charge in [-0.15, -0.1) is 0 Å². The molecule has 1 aromatic carbocycles. The molecule has 0 atom stereocenters. The first kappa shape index (κ1) is 14.6. The summed E-state index contributed by atoms with van der Waals surface area (Å²) in [4.78, 5) is 25.8. The van der Waals surface area contributed by atoms with Crippen LogP contribution in [0, 0.1) is 10.1 Å². The Morgan fingerprint density at radius 1 is 1.19 bits per heavy atom. The number of amides is 1. The average Bonchev–Trinajstić information content (AvgIpc) is 2.47. The number of hydrogen-bond donors (Lipinski definition) is 1. The van der Waals surface area contributed by atoms with Gasteiger partial charge in [-0.25, -0.2) is 4.98 Å². The molecular weight excluding hydrogens is 270 g/mol. The van der Waals surface area contributed by atoms with Crippen molar-refractivity contribution < 1.29 is 9.72 Å². The number of carbonyl (C=O) groups excluding carboxylic acids is 1. The molecule has 1 heterocycles. The van der Waals surface area contributed by atoms with Gasteiger partial charge in [0, 0.05) is 11.6 Å². The van der Waals surface area contributed by atoms with Gasteiger partial charge in [-0.2, -0.15) is 0 Å². The van der Waals surface area contributed by atoms with Crippen molar-refractivity contribution in [3.8, 4) is 0 Å². The van der Waals surface area contributed by atoms with Gasteiger partial charge in [0.1, 0.15) is 12.0 Å². The van der Waals surface area contributed by atoms with E-state index < -0.39 is 4.92 Å². The Balaban J connectivity index is 2.08. The molecule has 0 aliphatic heterocycles. The van der Waals surface area contributed by atoms with E-state index in [4.69, 9.17) is 0 Å². The molecule has 0 spiro atoms. The van der Waals surface area contributed by atoms with Crippen molar-refractivity contribution in [2.45, 2.75) is 19.8 Å². The largest absolute Gasteiger partial charge is 0.307 e. The predicted octanol–water partition coefficient (Wildman–Crippen LogP) is 3.37. The summed E-state index contributed by atoms with van der Waals surface area (Å²) in [5, 5.41) is 13.1. The monoisotopic (exact) mass is 285 g/mol. The summed E-state index contributed by atoms with van der Waals surface area (Å²) in [5.41, 5.74) is 1.55. The lowest BCUT2D eigenvalue weighted by atomic mass is 10.0. The zero-order valence-corrected chi connectivity index (χ0v) is 11.7. The number of pyridine rings is 1. The Bertz CT molecular complexity index is 649. The van der Waals surface area contributed by atoms with Gasteiger partial charge in [-0.1, -0.05) is 26.0 Å². The summed E-state index contributed by atoms with van der Waals surface area (Å²) in [6, 6.07) is 10.0. The first-order valence-electron chi connectivity index (χ1n) is 6.49. The minimum atomic E-state index is -0.538. The molecule has 21 heavy (non-hydrogen) atoms. The van der Waals surface area contributed by atoms with Crippen LogP contribution in [0.5, 0.6) is 0 Å². The van der Waals surface area contributed by atoms with Crippen molar-refractivity contribution >= 4 is 17.4 Å². The first-order chi connectivity index (χ1) is 9.97. The van der Waals surface area contributed by atoms with Gasteiger partial charge in [0.05, 0.1) is 4.92 Å². The van der Waals surface area contributed by atoms with Crippen LogP contribution < -0.4 is 5.32 Å². The molecule has 108 valence electrons.